The SMILES string of the molecule is CCCNCC1(CN2CCCC3CCCCC32)CCOC1. The summed E-state index contributed by atoms with van der Waals surface area (Å²) in [6.45, 7) is 9.08. The van der Waals surface area contributed by atoms with Crippen LogP contribution in [0.3, 0.4) is 0 Å². The second-order valence-corrected chi connectivity index (χ2v) is 7.70. The average molecular weight is 294 g/mol. The zero-order valence-corrected chi connectivity index (χ0v) is 13.9. The lowest BCUT2D eigenvalue weighted by Gasteiger charge is -2.47. The first-order chi connectivity index (χ1) is 10.3. The summed E-state index contributed by atoms with van der Waals surface area (Å²) in [4.78, 5) is 2.86. The lowest BCUT2D eigenvalue weighted by molar-refractivity contribution is 0.0188. The second-order valence-electron chi connectivity index (χ2n) is 7.70. The van der Waals surface area contributed by atoms with E-state index in [1.54, 1.807) is 0 Å². The van der Waals surface area contributed by atoms with Gasteiger partial charge in [-0.3, -0.25) is 4.90 Å². The molecule has 3 unspecified atom stereocenters. The highest BCUT2D eigenvalue weighted by Crippen LogP contribution is 2.38. The molecule has 122 valence electrons. The molecule has 3 fully saturated rings. The van der Waals surface area contributed by atoms with Gasteiger partial charge in [-0.05, 0) is 57.5 Å². The largest absolute Gasteiger partial charge is 0.381 e. The number of likely N-dealkylation sites (tertiary alicyclic amines) is 1. The van der Waals surface area contributed by atoms with Gasteiger partial charge < -0.3 is 10.1 Å². The van der Waals surface area contributed by atoms with Crippen molar-refractivity contribution >= 4 is 0 Å². The van der Waals surface area contributed by atoms with Crippen molar-refractivity contribution in [2.75, 3.05) is 39.4 Å². The van der Waals surface area contributed by atoms with Crippen molar-refractivity contribution in [2.24, 2.45) is 11.3 Å². The molecule has 1 saturated carbocycles. The second kappa shape index (κ2) is 7.43. The van der Waals surface area contributed by atoms with Gasteiger partial charge >= 0.3 is 0 Å². The summed E-state index contributed by atoms with van der Waals surface area (Å²) in [5.74, 6) is 0.996. The number of rotatable bonds is 6. The van der Waals surface area contributed by atoms with Gasteiger partial charge in [-0.15, -0.1) is 0 Å². The predicted molar refractivity (Wildman–Crippen MR) is 87.6 cm³/mol. The van der Waals surface area contributed by atoms with E-state index in [1.165, 1.54) is 64.5 Å². The molecule has 0 aromatic heterocycles. The van der Waals surface area contributed by atoms with Crippen LogP contribution < -0.4 is 5.32 Å². The number of hydrogen-bond donors (Lipinski definition) is 1. The van der Waals surface area contributed by atoms with Gasteiger partial charge in [0.25, 0.3) is 0 Å². The van der Waals surface area contributed by atoms with E-state index in [-0.39, 0.29) is 0 Å². The third-order valence-electron chi connectivity index (χ3n) is 6.01. The lowest BCUT2D eigenvalue weighted by Crippen LogP contribution is -2.53. The molecule has 2 saturated heterocycles. The van der Waals surface area contributed by atoms with Crippen LogP contribution in [0.2, 0.25) is 0 Å². The highest BCUT2D eigenvalue weighted by atomic mass is 16.5. The fraction of sp³-hybridized carbons (Fsp3) is 1.00. The van der Waals surface area contributed by atoms with Crippen LogP contribution in [0.4, 0.5) is 0 Å². The Bertz CT molecular complexity index is 312. The molecule has 21 heavy (non-hydrogen) atoms. The predicted octanol–water partition coefficient (Wildman–Crippen LogP) is 3.05. The Hall–Kier alpha value is -0.120. The summed E-state index contributed by atoms with van der Waals surface area (Å²) in [5.41, 5.74) is 0.383. The van der Waals surface area contributed by atoms with Crippen LogP contribution in [-0.2, 0) is 4.74 Å². The lowest BCUT2D eigenvalue weighted by atomic mass is 9.76. The van der Waals surface area contributed by atoms with E-state index in [9.17, 15) is 0 Å². The number of hydrogen-bond acceptors (Lipinski definition) is 3. The molecule has 2 heterocycles. The third-order valence-corrected chi connectivity index (χ3v) is 6.01. The first kappa shape index (κ1) is 15.8. The minimum Gasteiger partial charge on any atom is -0.381 e. The Balaban J connectivity index is 1.61. The van der Waals surface area contributed by atoms with E-state index >= 15 is 0 Å². The van der Waals surface area contributed by atoms with Crippen LogP contribution >= 0.6 is 0 Å². The molecule has 0 spiro atoms. The van der Waals surface area contributed by atoms with E-state index in [4.69, 9.17) is 4.74 Å². The van der Waals surface area contributed by atoms with Gasteiger partial charge in [-0.2, -0.15) is 0 Å². The Morgan fingerprint density at radius 3 is 2.86 bits per heavy atom. The highest BCUT2D eigenvalue weighted by molar-refractivity contribution is 4.94. The van der Waals surface area contributed by atoms with E-state index in [0.29, 0.717) is 5.41 Å². The quantitative estimate of drug-likeness (QED) is 0.762. The van der Waals surface area contributed by atoms with Gasteiger partial charge in [-0.25, -0.2) is 0 Å². The molecule has 3 rings (SSSR count). The molecule has 2 aliphatic heterocycles. The number of nitrogens with one attached hydrogen (secondary N) is 1. The molecule has 3 atom stereocenters. The van der Waals surface area contributed by atoms with Crippen LogP contribution in [0.5, 0.6) is 0 Å². The maximum absolute atomic E-state index is 5.80. The zero-order chi connectivity index (χ0) is 14.5. The molecule has 0 bridgehead atoms. The van der Waals surface area contributed by atoms with E-state index in [0.717, 1.165) is 38.3 Å². The van der Waals surface area contributed by atoms with Crippen molar-refractivity contribution < 1.29 is 4.74 Å². The molecule has 1 N–H and O–H groups in total. The molecule has 3 heteroatoms. The maximum atomic E-state index is 5.80. The van der Waals surface area contributed by atoms with Crippen LogP contribution in [0.25, 0.3) is 0 Å². The molecule has 0 aromatic rings. The van der Waals surface area contributed by atoms with Gasteiger partial charge in [0.2, 0.25) is 0 Å². The molecule has 3 nitrogen and oxygen atoms in total. The fourth-order valence-electron chi connectivity index (χ4n) is 4.85. The first-order valence-electron chi connectivity index (χ1n) is 9.35. The topological polar surface area (TPSA) is 24.5 Å². The number of ether oxygens (including phenoxy) is 1. The smallest absolute Gasteiger partial charge is 0.0547 e. The van der Waals surface area contributed by atoms with Gasteiger partial charge in [0.1, 0.15) is 0 Å². The van der Waals surface area contributed by atoms with Crippen LogP contribution in [0.15, 0.2) is 0 Å². The molecular formula is C18H34N2O. The average Bonchev–Trinajstić information content (AvgIpc) is 2.97. The Morgan fingerprint density at radius 1 is 1.19 bits per heavy atom. The minimum absolute atomic E-state index is 0.383. The number of fused-ring (bicyclic) bond motifs is 1. The van der Waals surface area contributed by atoms with E-state index in [1.807, 2.05) is 0 Å². The summed E-state index contributed by atoms with van der Waals surface area (Å²) in [7, 11) is 0. The summed E-state index contributed by atoms with van der Waals surface area (Å²) in [6, 6.07) is 0.885. The number of nitrogens with zero attached hydrogens (tertiary/aromatic N) is 1. The van der Waals surface area contributed by atoms with Crippen molar-refractivity contribution in [1.82, 2.24) is 10.2 Å². The van der Waals surface area contributed by atoms with Crippen molar-refractivity contribution in [3.8, 4) is 0 Å². The van der Waals surface area contributed by atoms with Crippen molar-refractivity contribution in [3.05, 3.63) is 0 Å². The van der Waals surface area contributed by atoms with Gasteiger partial charge in [0.15, 0.2) is 0 Å². The highest BCUT2D eigenvalue weighted by Gasteiger charge is 2.41. The van der Waals surface area contributed by atoms with Gasteiger partial charge in [0.05, 0.1) is 6.61 Å². The standard InChI is InChI=1S/C18H34N2O/c1-2-10-19-13-18(9-12-21-15-18)14-20-11-5-7-16-6-3-4-8-17(16)20/h16-17,19H,2-15H2,1H3. The summed E-state index contributed by atoms with van der Waals surface area (Å²) >= 11 is 0. The molecular weight excluding hydrogens is 260 g/mol. The minimum atomic E-state index is 0.383. The molecule has 0 aromatic carbocycles. The normalized spacial score (nSPS) is 37.6. The Labute approximate surface area is 130 Å². The van der Waals surface area contributed by atoms with Gasteiger partial charge in [-0.1, -0.05) is 19.8 Å². The molecule has 1 aliphatic carbocycles. The van der Waals surface area contributed by atoms with E-state index in [2.05, 4.69) is 17.1 Å². The van der Waals surface area contributed by atoms with Crippen LogP contribution in [0, 0.1) is 11.3 Å². The maximum Gasteiger partial charge on any atom is 0.0547 e. The summed E-state index contributed by atoms with van der Waals surface area (Å²) < 4.78 is 5.80. The Kier molecular flexibility index (Phi) is 5.58. The van der Waals surface area contributed by atoms with Crippen molar-refractivity contribution in [1.29, 1.82) is 0 Å². The first-order valence-corrected chi connectivity index (χ1v) is 9.35. The fourth-order valence-corrected chi connectivity index (χ4v) is 4.85. The number of piperidine rings is 1. The van der Waals surface area contributed by atoms with Gasteiger partial charge in [0, 0.05) is 31.2 Å². The van der Waals surface area contributed by atoms with Crippen LogP contribution in [-0.4, -0.2) is 50.3 Å². The summed E-state index contributed by atoms with van der Waals surface area (Å²) in [6.07, 6.45) is 11.2. The molecule has 3 aliphatic rings. The van der Waals surface area contributed by atoms with Crippen molar-refractivity contribution in [3.63, 3.8) is 0 Å². The molecule has 0 amide bonds. The third kappa shape index (κ3) is 3.80. The molecule has 0 radical (unpaired) electrons. The van der Waals surface area contributed by atoms with Crippen molar-refractivity contribution in [2.45, 2.75) is 64.3 Å². The Morgan fingerprint density at radius 2 is 2.05 bits per heavy atom. The zero-order valence-electron chi connectivity index (χ0n) is 13.9. The van der Waals surface area contributed by atoms with E-state index < -0.39 is 0 Å². The van der Waals surface area contributed by atoms with Crippen LogP contribution in [0.1, 0.15) is 58.3 Å². The monoisotopic (exact) mass is 294 g/mol. The summed E-state index contributed by atoms with van der Waals surface area (Å²) in [5, 5.41) is 3.67.